The third-order valence-corrected chi connectivity index (χ3v) is 3.79. The number of hydrogen-bond donors (Lipinski definition) is 1. The smallest absolute Gasteiger partial charge is 0.246 e. The molecule has 0 aliphatic rings. The summed E-state index contributed by atoms with van der Waals surface area (Å²) < 4.78 is 0. The maximum Gasteiger partial charge on any atom is 0.246 e. The van der Waals surface area contributed by atoms with Crippen molar-refractivity contribution in [3.8, 4) is 0 Å². The van der Waals surface area contributed by atoms with Gasteiger partial charge in [-0.15, -0.1) is 0 Å². The van der Waals surface area contributed by atoms with Gasteiger partial charge >= 0.3 is 0 Å². The molecule has 2 rings (SSSR count). The van der Waals surface area contributed by atoms with Gasteiger partial charge in [-0.1, -0.05) is 60.7 Å². The van der Waals surface area contributed by atoms with E-state index in [0.29, 0.717) is 19.5 Å². The zero-order valence-electron chi connectivity index (χ0n) is 15.0. The topological polar surface area (TPSA) is 49.4 Å². The Morgan fingerprint density at radius 2 is 1.42 bits per heavy atom. The molecule has 0 fully saturated rings. The summed E-state index contributed by atoms with van der Waals surface area (Å²) in [5.74, 6) is -0.184. The van der Waals surface area contributed by atoms with E-state index in [2.05, 4.69) is 5.32 Å². The number of nitrogens with one attached hydrogen (secondary N) is 1. The Kier molecular flexibility index (Phi) is 7.87. The predicted molar refractivity (Wildman–Crippen MR) is 106 cm³/mol. The van der Waals surface area contributed by atoms with Crippen LogP contribution in [0.5, 0.6) is 0 Å². The van der Waals surface area contributed by atoms with Crippen LogP contribution < -0.4 is 5.32 Å². The van der Waals surface area contributed by atoms with E-state index >= 15 is 0 Å². The first-order valence-electron chi connectivity index (χ1n) is 8.64. The first-order valence-corrected chi connectivity index (χ1v) is 8.64. The summed E-state index contributed by atoms with van der Waals surface area (Å²) in [6.45, 7) is 1.11. The number of benzene rings is 2. The highest BCUT2D eigenvalue weighted by atomic mass is 16.2. The van der Waals surface area contributed by atoms with Crippen LogP contribution in [-0.4, -0.2) is 36.9 Å². The molecule has 0 radical (unpaired) electrons. The van der Waals surface area contributed by atoms with Gasteiger partial charge in [0.15, 0.2) is 0 Å². The Bertz CT molecular complexity index is 752. The number of nitrogens with zero attached hydrogens (tertiary/aromatic N) is 1. The summed E-state index contributed by atoms with van der Waals surface area (Å²) in [6.07, 6.45) is 7.37. The van der Waals surface area contributed by atoms with Crippen LogP contribution in [0.4, 0.5) is 0 Å². The second-order valence-electron chi connectivity index (χ2n) is 5.89. The van der Waals surface area contributed by atoms with E-state index in [1.54, 1.807) is 30.2 Å². The molecule has 2 amide bonds. The van der Waals surface area contributed by atoms with Crippen LogP contribution in [0.1, 0.15) is 17.5 Å². The van der Waals surface area contributed by atoms with Crippen LogP contribution >= 0.6 is 0 Å². The molecule has 0 bridgehead atoms. The van der Waals surface area contributed by atoms with E-state index < -0.39 is 0 Å². The Hall–Kier alpha value is -3.14. The predicted octanol–water partition coefficient (Wildman–Crippen LogP) is 3.38. The van der Waals surface area contributed by atoms with Gasteiger partial charge in [0, 0.05) is 32.3 Å². The van der Waals surface area contributed by atoms with Crippen LogP contribution in [0.15, 0.2) is 72.8 Å². The highest BCUT2D eigenvalue weighted by Gasteiger charge is 2.04. The lowest BCUT2D eigenvalue weighted by Crippen LogP contribution is -2.30. The number of rotatable bonds is 8. The van der Waals surface area contributed by atoms with Gasteiger partial charge < -0.3 is 10.2 Å². The summed E-state index contributed by atoms with van der Waals surface area (Å²) in [5.41, 5.74) is 1.98. The third kappa shape index (κ3) is 7.18. The van der Waals surface area contributed by atoms with Crippen LogP contribution in [-0.2, 0) is 9.59 Å². The molecule has 0 saturated heterocycles. The van der Waals surface area contributed by atoms with Crippen LogP contribution in [0.2, 0.25) is 0 Å². The average Bonchev–Trinajstić information content (AvgIpc) is 2.69. The monoisotopic (exact) mass is 348 g/mol. The lowest BCUT2D eigenvalue weighted by atomic mass is 10.2. The van der Waals surface area contributed by atoms with E-state index in [1.807, 2.05) is 60.7 Å². The van der Waals surface area contributed by atoms with Crippen molar-refractivity contribution in [2.75, 3.05) is 20.1 Å². The maximum atomic E-state index is 12.0. The van der Waals surface area contributed by atoms with Crippen molar-refractivity contribution in [1.82, 2.24) is 10.2 Å². The molecule has 0 aromatic heterocycles. The number of likely N-dealkylation sites (N-methyl/N-ethyl adjacent to an activating group) is 1. The van der Waals surface area contributed by atoms with Gasteiger partial charge in [-0.25, -0.2) is 0 Å². The van der Waals surface area contributed by atoms with Gasteiger partial charge in [0.2, 0.25) is 11.8 Å². The maximum absolute atomic E-state index is 12.0. The molecule has 0 saturated carbocycles. The standard InChI is InChI=1S/C22H24N2O2/c1-24(22(26)16-14-20-11-6-3-7-12-20)18-8-17-23-21(25)15-13-19-9-4-2-5-10-19/h2-7,9-16H,8,17-18H2,1H3,(H,23,25). The fraction of sp³-hybridized carbons (Fsp3) is 0.182. The third-order valence-electron chi connectivity index (χ3n) is 3.79. The minimum absolute atomic E-state index is 0.0517. The van der Waals surface area contributed by atoms with Crippen LogP contribution in [0, 0.1) is 0 Å². The first kappa shape index (κ1) is 19.2. The summed E-state index contributed by atoms with van der Waals surface area (Å²) in [5, 5.41) is 2.82. The van der Waals surface area contributed by atoms with Gasteiger partial charge in [0.05, 0.1) is 0 Å². The fourth-order valence-corrected chi connectivity index (χ4v) is 2.29. The Labute approximate surface area is 154 Å². The van der Waals surface area contributed by atoms with E-state index in [0.717, 1.165) is 11.1 Å². The SMILES string of the molecule is CN(CCCNC(=O)C=Cc1ccccc1)C(=O)C=Cc1ccccc1. The summed E-state index contributed by atoms with van der Waals surface area (Å²) >= 11 is 0. The van der Waals surface area contributed by atoms with Gasteiger partial charge in [-0.2, -0.15) is 0 Å². The second kappa shape index (κ2) is 10.7. The van der Waals surface area contributed by atoms with Crippen molar-refractivity contribution < 1.29 is 9.59 Å². The normalized spacial score (nSPS) is 11.0. The number of carbonyl (C=O) groups is 2. The van der Waals surface area contributed by atoms with Crippen molar-refractivity contribution in [2.24, 2.45) is 0 Å². The molecule has 4 heteroatoms. The molecule has 0 aliphatic heterocycles. The van der Waals surface area contributed by atoms with Crippen molar-refractivity contribution in [3.63, 3.8) is 0 Å². The lowest BCUT2D eigenvalue weighted by Gasteiger charge is -2.14. The summed E-state index contributed by atoms with van der Waals surface area (Å²) in [7, 11) is 1.76. The van der Waals surface area contributed by atoms with Gasteiger partial charge in [0.1, 0.15) is 0 Å². The molecule has 0 heterocycles. The minimum atomic E-state index is -0.133. The number of carbonyl (C=O) groups excluding carboxylic acids is 2. The molecule has 0 unspecified atom stereocenters. The molecule has 2 aromatic rings. The van der Waals surface area contributed by atoms with Gasteiger partial charge in [0.25, 0.3) is 0 Å². The Morgan fingerprint density at radius 3 is 2.00 bits per heavy atom. The highest BCUT2D eigenvalue weighted by molar-refractivity contribution is 5.92. The Balaban J connectivity index is 1.65. The molecular formula is C22H24N2O2. The molecule has 1 N–H and O–H groups in total. The van der Waals surface area contributed by atoms with Gasteiger partial charge in [-0.05, 0) is 29.7 Å². The number of hydrogen-bond acceptors (Lipinski definition) is 2. The quantitative estimate of drug-likeness (QED) is 0.587. The summed E-state index contributed by atoms with van der Waals surface area (Å²) in [6, 6.07) is 19.4. The van der Waals surface area contributed by atoms with Crippen molar-refractivity contribution in [1.29, 1.82) is 0 Å². The Morgan fingerprint density at radius 1 is 0.885 bits per heavy atom. The van der Waals surface area contributed by atoms with Gasteiger partial charge in [-0.3, -0.25) is 9.59 Å². The zero-order chi connectivity index (χ0) is 18.6. The second-order valence-corrected chi connectivity index (χ2v) is 5.89. The van der Waals surface area contributed by atoms with E-state index in [1.165, 1.54) is 6.08 Å². The largest absolute Gasteiger partial charge is 0.352 e. The fourth-order valence-electron chi connectivity index (χ4n) is 2.29. The molecular weight excluding hydrogens is 324 g/mol. The molecule has 2 aromatic carbocycles. The lowest BCUT2D eigenvalue weighted by molar-refractivity contribution is -0.124. The minimum Gasteiger partial charge on any atom is -0.352 e. The van der Waals surface area contributed by atoms with Crippen LogP contribution in [0.25, 0.3) is 12.2 Å². The van der Waals surface area contributed by atoms with Crippen LogP contribution in [0.3, 0.4) is 0 Å². The molecule has 0 atom stereocenters. The average molecular weight is 348 g/mol. The molecule has 4 nitrogen and oxygen atoms in total. The van der Waals surface area contributed by atoms with Crippen molar-refractivity contribution >= 4 is 24.0 Å². The molecule has 134 valence electrons. The molecule has 0 aliphatic carbocycles. The van der Waals surface area contributed by atoms with Crippen molar-refractivity contribution in [3.05, 3.63) is 83.9 Å². The van der Waals surface area contributed by atoms with E-state index in [9.17, 15) is 9.59 Å². The summed E-state index contributed by atoms with van der Waals surface area (Å²) in [4.78, 5) is 25.5. The number of amides is 2. The molecule has 0 spiro atoms. The van der Waals surface area contributed by atoms with E-state index in [-0.39, 0.29) is 11.8 Å². The van der Waals surface area contributed by atoms with Crippen molar-refractivity contribution in [2.45, 2.75) is 6.42 Å². The van der Waals surface area contributed by atoms with E-state index in [4.69, 9.17) is 0 Å². The highest BCUT2D eigenvalue weighted by Crippen LogP contribution is 2.02. The molecule has 26 heavy (non-hydrogen) atoms. The first-order chi connectivity index (χ1) is 12.6. The zero-order valence-corrected chi connectivity index (χ0v) is 15.0.